The molecule has 1 fully saturated rings. The number of thiazole rings is 1. The third-order valence-corrected chi connectivity index (χ3v) is 3.46. The summed E-state index contributed by atoms with van der Waals surface area (Å²) in [7, 11) is 2.01. The maximum atomic E-state index is 5.40. The van der Waals surface area contributed by atoms with Crippen LogP contribution in [0.1, 0.15) is 25.8 Å². The van der Waals surface area contributed by atoms with Crippen molar-refractivity contribution in [2.75, 3.05) is 31.7 Å². The predicted molar refractivity (Wildman–Crippen MR) is 66.3 cm³/mol. The summed E-state index contributed by atoms with van der Waals surface area (Å²) in [6.45, 7) is 6.17. The van der Waals surface area contributed by atoms with Crippen molar-refractivity contribution in [3.05, 3.63) is 11.1 Å². The maximum Gasteiger partial charge on any atom is 0.207 e. The Morgan fingerprint density at radius 3 is 2.94 bits per heavy atom. The quantitative estimate of drug-likeness (QED) is 0.730. The van der Waals surface area contributed by atoms with E-state index in [-0.39, 0.29) is 12.6 Å². The van der Waals surface area contributed by atoms with Crippen LogP contribution in [0.2, 0.25) is 0 Å². The van der Waals surface area contributed by atoms with Gasteiger partial charge in [-0.2, -0.15) is 0 Å². The van der Waals surface area contributed by atoms with E-state index in [1.807, 2.05) is 26.3 Å². The molecule has 6 heteroatoms. The maximum absolute atomic E-state index is 5.40. The summed E-state index contributed by atoms with van der Waals surface area (Å²) in [5.41, 5.74) is 0.853. The standard InChI is InChI=1S/C11H18N2O3S/c1-4-14-6-5-13(3)11-12-9(7-17-11)10-15-8(2)16-10/h7-8,10H,4-6H2,1-3H3. The van der Waals surface area contributed by atoms with E-state index in [1.54, 1.807) is 11.3 Å². The number of aromatic nitrogens is 1. The summed E-state index contributed by atoms with van der Waals surface area (Å²) in [6, 6.07) is 0. The van der Waals surface area contributed by atoms with Gasteiger partial charge in [-0.3, -0.25) is 0 Å². The van der Waals surface area contributed by atoms with Crippen LogP contribution in [-0.2, 0) is 14.2 Å². The number of anilines is 1. The minimum atomic E-state index is -0.282. The van der Waals surface area contributed by atoms with E-state index in [9.17, 15) is 0 Å². The molecule has 0 bridgehead atoms. The van der Waals surface area contributed by atoms with Gasteiger partial charge in [-0.1, -0.05) is 0 Å². The zero-order valence-electron chi connectivity index (χ0n) is 10.4. The molecule has 0 amide bonds. The summed E-state index contributed by atoms with van der Waals surface area (Å²) in [5.74, 6) is 0. The lowest BCUT2D eigenvalue weighted by Crippen LogP contribution is -2.31. The summed E-state index contributed by atoms with van der Waals surface area (Å²) < 4.78 is 16.1. The Morgan fingerprint density at radius 1 is 1.53 bits per heavy atom. The molecule has 0 saturated carbocycles. The zero-order chi connectivity index (χ0) is 12.3. The van der Waals surface area contributed by atoms with Gasteiger partial charge in [-0.15, -0.1) is 11.3 Å². The first kappa shape index (κ1) is 12.8. The van der Waals surface area contributed by atoms with Crippen molar-refractivity contribution in [2.45, 2.75) is 26.4 Å². The van der Waals surface area contributed by atoms with Crippen molar-refractivity contribution in [1.29, 1.82) is 0 Å². The molecule has 2 heterocycles. The Hall–Kier alpha value is -0.690. The highest BCUT2D eigenvalue weighted by atomic mass is 32.1. The second-order valence-electron chi connectivity index (χ2n) is 3.85. The van der Waals surface area contributed by atoms with Crippen LogP contribution in [0.5, 0.6) is 0 Å². The van der Waals surface area contributed by atoms with Gasteiger partial charge in [-0.05, 0) is 13.8 Å². The molecule has 1 aliphatic rings. The van der Waals surface area contributed by atoms with Gasteiger partial charge in [0.2, 0.25) is 6.29 Å². The summed E-state index contributed by atoms with van der Waals surface area (Å²) in [6.07, 6.45) is -0.392. The molecule has 0 aliphatic carbocycles. The topological polar surface area (TPSA) is 43.8 Å². The van der Waals surface area contributed by atoms with Crippen molar-refractivity contribution >= 4 is 16.5 Å². The molecule has 0 unspecified atom stereocenters. The zero-order valence-corrected chi connectivity index (χ0v) is 11.2. The Kier molecular flexibility index (Phi) is 4.33. The molecule has 0 N–H and O–H groups in total. The van der Waals surface area contributed by atoms with Gasteiger partial charge in [0.1, 0.15) is 5.69 Å². The molecular formula is C11H18N2O3S. The van der Waals surface area contributed by atoms with E-state index in [2.05, 4.69) is 9.88 Å². The molecule has 0 spiro atoms. The fourth-order valence-electron chi connectivity index (χ4n) is 1.50. The highest BCUT2D eigenvalue weighted by molar-refractivity contribution is 7.13. The molecule has 2 rings (SSSR count). The molecule has 0 aromatic carbocycles. The first-order chi connectivity index (χ1) is 8.20. The largest absolute Gasteiger partial charge is 0.380 e. The van der Waals surface area contributed by atoms with Crippen molar-refractivity contribution in [2.24, 2.45) is 0 Å². The molecule has 0 radical (unpaired) electrons. The Bertz CT molecular complexity index is 352. The summed E-state index contributed by atoms with van der Waals surface area (Å²) >= 11 is 1.59. The number of hydrogen-bond acceptors (Lipinski definition) is 6. The second-order valence-corrected chi connectivity index (χ2v) is 4.68. The molecule has 1 saturated heterocycles. The fraction of sp³-hybridized carbons (Fsp3) is 0.727. The van der Waals surface area contributed by atoms with Crippen LogP contribution in [0.4, 0.5) is 5.13 Å². The lowest BCUT2D eigenvalue weighted by atomic mass is 10.4. The molecule has 1 aliphatic heterocycles. The molecule has 5 nitrogen and oxygen atoms in total. The van der Waals surface area contributed by atoms with Gasteiger partial charge >= 0.3 is 0 Å². The smallest absolute Gasteiger partial charge is 0.207 e. The van der Waals surface area contributed by atoms with Crippen LogP contribution in [0.25, 0.3) is 0 Å². The summed E-state index contributed by atoms with van der Waals surface area (Å²) in [4.78, 5) is 6.56. The Labute approximate surface area is 105 Å². The van der Waals surface area contributed by atoms with Crippen LogP contribution in [-0.4, -0.2) is 38.1 Å². The second kappa shape index (κ2) is 5.77. The minimum absolute atomic E-state index is 0.110. The number of likely N-dealkylation sites (N-methyl/N-ethyl adjacent to an activating group) is 1. The van der Waals surface area contributed by atoms with Crippen LogP contribution in [0.15, 0.2) is 5.38 Å². The van der Waals surface area contributed by atoms with Crippen molar-refractivity contribution in [3.8, 4) is 0 Å². The Balaban J connectivity index is 1.84. The highest BCUT2D eigenvalue weighted by Gasteiger charge is 2.30. The molecular weight excluding hydrogens is 240 g/mol. The van der Waals surface area contributed by atoms with E-state index < -0.39 is 0 Å². The van der Waals surface area contributed by atoms with Gasteiger partial charge in [0.25, 0.3) is 0 Å². The number of ether oxygens (including phenoxy) is 3. The van der Waals surface area contributed by atoms with Crippen molar-refractivity contribution in [3.63, 3.8) is 0 Å². The molecule has 0 atom stereocenters. The third-order valence-electron chi connectivity index (χ3n) is 2.48. The molecule has 1 aromatic heterocycles. The fourth-order valence-corrected chi connectivity index (χ4v) is 2.32. The van der Waals surface area contributed by atoms with Gasteiger partial charge in [0.05, 0.1) is 6.61 Å². The predicted octanol–water partition coefficient (Wildman–Crippen LogP) is 2.01. The van der Waals surface area contributed by atoms with E-state index in [0.717, 1.165) is 30.6 Å². The first-order valence-corrected chi connectivity index (χ1v) is 6.64. The average Bonchev–Trinajstić information content (AvgIpc) is 2.74. The van der Waals surface area contributed by atoms with Crippen LogP contribution < -0.4 is 4.90 Å². The lowest BCUT2D eigenvalue weighted by Gasteiger charge is -2.32. The summed E-state index contributed by atoms with van der Waals surface area (Å²) in [5, 5.41) is 2.94. The number of rotatable bonds is 6. The Morgan fingerprint density at radius 2 is 2.29 bits per heavy atom. The number of nitrogens with zero attached hydrogens (tertiary/aromatic N) is 2. The molecule has 1 aromatic rings. The van der Waals surface area contributed by atoms with Crippen LogP contribution >= 0.6 is 11.3 Å². The van der Waals surface area contributed by atoms with Gasteiger partial charge in [0.15, 0.2) is 11.4 Å². The van der Waals surface area contributed by atoms with Gasteiger partial charge < -0.3 is 19.1 Å². The number of hydrogen-bond donors (Lipinski definition) is 0. The van der Waals surface area contributed by atoms with Crippen LogP contribution in [0.3, 0.4) is 0 Å². The van der Waals surface area contributed by atoms with E-state index in [0.29, 0.717) is 0 Å². The van der Waals surface area contributed by atoms with Gasteiger partial charge in [0, 0.05) is 25.6 Å². The highest BCUT2D eigenvalue weighted by Crippen LogP contribution is 2.33. The molecule has 96 valence electrons. The van der Waals surface area contributed by atoms with Crippen molar-refractivity contribution in [1.82, 2.24) is 4.98 Å². The van der Waals surface area contributed by atoms with Gasteiger partial charge in [-0.25, -0.2) is 4.98 Å². The first-order valence-electron chi connectivity index (χ1n) is 5.76. The third kappa shape index (κ3) is 3.16. The van der Waals surface area contributed by atoms with E-state index in [4.69, 9.17) is 14.2 Å². The average molecular weight is 258 g/mol. The van der Waals surface area contributed by atoms with Crippen LogP contribution in [0, 0.1) is 0 Å². The van der Waals surface area contributed by atoms with E-state index >= 15 is 0 Å². The normalized spacial score (nSPS) is 23.5. The lowest BCUT2D eigenvalue weighted by molar-refractivity contribution is -0.383. The minimum Gasteiger partial charge on any atom is -0.380 e. The van der Waals surface area contributed by atoms with E-state index in [1.165, 1.54) is 0 Å². The van der Waals surface area contributed by atoms with Crippen molar-refractivity contribution < 1.29 is 14.2 Å². The SMILES string of the molecule is CCOCCN(C)c1nc(C2OC(C)O2)cs1. The molecule has 17 heavy (non-hydrogen) atoms. The monoisotopic (exact) mass is 258 g/mol.